The van der Waals surface area contributed by atoms with Crippen LogP contribution in [-0.2, 0) is 25.6 Å². The maximum absolute atomic E-state index is 14.6. The lowest BCUT2D eigenvalue weighted by molar-refractivity contribution is -0.155. The van der Waals surface area contributed by atoms with E-state index in [2.05, 4.69) is 15.3 Å². The SMILES string of the molecule is CC(C)(C)OC(=O)CC[C@@]1(C(=O)NCc2cccc3ccccc23)N=C(c2ccc(OCCCO)cc2)O[C@@H]1c1ccccc1N=[N+]=[N-]. The molecule has 2 atom stereocenters. The largest absolute Gasteiger partial charge is 0.494 e. The lowest BCUT2D eigenvalue weighted by Crippen LogP contribution is -2.48. The number of aliphatic imine (C=N–C) groups is 1. The van der Waals surface area contributed by atoms with Crippen molar-refractivity contribution in [3.05, 3.63) is 118 Å². The van der Waals surface area contributed by atoms with E-state index in [1.165, 1.54) is 0 Å². The fraction of sp³-hybridized carbons (Fsp3) is 0.324. The van der Waals surface area contributed by atoms with E-state index in [9.17, 15) is 15.1 Å². The first kappa shape index (κ1) is 34.0. The molecule has 11 heteroatoms. The number of carbonyl (C=O) groups is 2. The van der Waals surface area contributed by atoms with Crippen molar-refractivity contribution in [2.24, 2.45) is 10.1 Å². The summed E-state index contributed by atoms with van der Waals surface area (Å²) in [5.74, 6) is -0.167. The molecule has 0 saturated heterocycles. The standard InChI is InChI=1S/C37H39N5O6/c1-36(2,3)48-32(44)20-21-37(35(45)39-24-27-12-8-11-25-10-4-5-13-29(25)27)33(30-14-6-7-15-31(30)41-42-38)47-34(40-37)26-16-18-28(19-17-26)46-23-9-22-43/h4-8,10-19,33,43H,9,20-24H2,1-3H3,(H,39,45)/t33-,37-/m1/s1. The Morgan fingerprint density at radius 1 is 1.02 bits per heavy atom. The van der Waals surface area contributed by atoms with Gasteiger partial charge in [-0.3, -0.25) is 9.59 Å². The molecule has 1 heterocycles. The number of esters is 1. The highest BCUT2D eigenvalue weighted by molar-refractivity contribution is 6.01. The molecular weight excluding hydrogens is 610 g/mol. The Balaban J connectivity index is 1.57. The molecule has 1 aliphatic heterocycles. The summed E-state index contributed by atoms with van der Waals surface area (Å²) < 4.78 is 17.8. The topological polar surface area (TPSA) is 155 Å². The second-order valence-corrected chi connectivity index (χ2v) is 12.4. The monoisotopic (exact) mass is 649 g/mol. The molecule has 0 spiro atoms. The Hall–Kier alpha value is -5.38. The molecular formula is C37H39N5O6. The summed E-state index contributed by atoms with van der Waals surface area (Å²) in [6.45, 7) is 5.92. The lowest BCUT2D eigenvalue weighted by Gasteiger charge is -2.31. The summed E-state index contributed by atoms with van der Waals surface area (Å²) in [6, 6.07) is 27.7. The van der Waals surface area contributed by atoms with Gasteiger partial charge in [0.25, 0.3) is 5.91 Å². The van der Waals surface area contributed by atoms with Crippen LogP contribution in [0.5, 0.6) is 5.75 Å². The number of rotatable bonds is 13. The summed E-state index contributed by atoms with van der Waals surface area (Å²) in [7, 11) is 0. The van der Waals surface area contributed by atoms with E-state index in [0.717, 1.165) is 16.3 Å². The van der Waals surface area contributed by atoms with Gasteiger partial charge in [-0.15, -0.1) is 0 Å². The number of aliphatic hydroxyl groups excluding tert-OH is 1. The van der Waals surface area contributed by atoms with Crippen molar-refractivity contribution in [1.82, 2.24) is 5.32 Å². The Morgan fingerprint density at radius 3 is 2.50 bits per heavy atom. The van der Waals surface area contributed by atoms with E-state index in [1.54, 1.807) is 69.3 Å². The van der Waals surface area contributed by atoms with E-state index in [0.29, 0.717) is 29.9 Å². The average molecular weight is 650 g/mol. The molecule has 1 aliphatic rings. The van der Waals surface area contributed by atoms with Gasteiger partial charge in [-0.1, -0.05) is 71.8 Å². The quantitative estimate of drug-likeness (QED) is 0.0511. The third-order valence-electron chi connectivity index (χ3n) is 7.85. The van der Waals surface area contributed by atoms with Crippen LogP contribution in [0.25, 0.3) is 21.2 Å². The van der Waals surface area contributed by atoms with Gasteiger partial charge >= 0.3 is 5.97 Å². The molecule has 0 bridgehead atoms. The molecule has 5 rings (SSSR count). The van der Waals surface area contributed by atoms with Crippen LogP contribution < -0.4 is 10.1 Å². The van der Waals surface area contributed by atoms with Crippen LogP contribution in [0, 0.1) is 0 Å². The number of fused-ring (bicyclic) bond motifs is 1. The molecule has 0 aromatic heterocycles. The number of ether oxygens (including phenoxy) is 3. The lowest BCUT2D eigenvalue weighted by atomic mass is 9.82. The van der Waals surface area contributed by atoms with Gasteiger partial charge < -0.3 is 24.6 Å². The zero-order valence-electron chi connectivity index (χ0n) is 27.3. The zero-order chi connectivity index (χ0) is 34.1. The number of hydrogen-bond acceptors (Lipinski definition) is 8. The first-order chi connectivity index (χ1) is 23.1. The minimum absolute atomic E-state index is 0.0232. The molecule has 4 aromatic rings. The number of carbonyl (C=O) groups excluding carboxylic acids is 2. The fourth-order valence-electron chi connectivity index (χ4n) is 5.66. The van der Waals surface area contributed by atoms with Crippen molar-refractivity contribution in [2.75, 3.05) is 13.2 Å². The van der Waals surface area contributed by atoms with E-state index in [1.807, 2.05) is 42.5 Å². The molecule has 4 aromatic carbocycles. The second-order valence-electron chi connectivity index (χ2n) is 12.4. The van der Waals surface area contributed by atoms with E-state index < -0.39 is 29.1 Å². The number of azide groups is 1. The Labute approximate surface area is 279 Å². The zero-order valence-corrected chi connectivity index (χ0v) is 27.3. The van der Waals surface area contributed by atoms with Gasteiger partial charge in [0, 0.05) is 47.7 Å². The van der Waals surface area contributed by atoms with E-state index >= 15 is 0 Å². The average Bonchev–Trinajstić information content (AvgIpc) is 3.47. The number of nitrogens with zero attached hydrogens (tertiary/aromatic N) is 4. The minimum atomic E-state index is -1.64. The van der Waals surface area contributed by atoms with Crippen LogP contribution in [0.4, 0.5) is 5.69 Å². The highest BCUT2D eigenvalue weighted by Crippen LogP contribution is 2.46. The van der Waals surface area contributed by atoms with Crippen molar-refractivity contribution < 1.29 is 28.9 Å². The predicted molar refractivity (Wildman–Crippen MR) is 183 cm³/mol. The number of amides is 1. The normalized spacial score (nSPS) is 17.2. The third-order valence-corrected chi connectivity index (χ3v) is 7.85. The number of benzene rings is 4. The molecule has 48 heavy (non-hydrogen) atoms. The summed E-state index contributed by atoms with van der Waals surface area (Å²) in [6.07, 6.45) is -0.733. The number of nitrogens with one attached hydrogen (secondary N) is 1. The molecule has 0 saturated carbocycles. The first-order valence-corrected chi connectivity index (χ1v) is 15.8. The van der Waals surface area contributed by atoms with Crippen LogP contribution in [-0.4, -0.2) is 47.2 Å². The number of hydrogen-bond donors (Lipinski definition) is 2. The highest BCUT2D eigenvalue weighted by Gasteiger charge is 2.54. The van der Waals surface area contributed by atoms with Gasteiger partial charge in [-0.2, -0.15) is 0 Å². The highest BCUT2D eigenvalue weighted by atomic mass is 16.6. The summed E-state index contributed by atoms with van der Waals surface area (Å²) >= 11 is 0. The number of aliphatic hydroxyl groups is 1. The molecule has 0 unspecified atom stereocenters. The van der Waals surface area contributed by atoms with Gasteiger partial charge in [0.15, 0.2) is 11.6 Å². The molecule has 248 valence electrons. The Morgan fingerprint density at radius 2 is 1.75 bits per heavy atom. The van der Waals surface area contributed by atoms with Crippen molar-refractivity contribution in [1.29, 1.82) is 0 Å². The van der Waals surface area contributed by atoms with Crippen LogP contribution in [0.1, 0.15) is 62.8 Å². The van der Waals surface area contributed by atoms with Crippen LogP contribution >= 0.6 is 0 Å². The molecule has 0 radical (unpaired) electrons. The third kappa shape index (κ3) is 7.94. The van der Waals surface area contributed by atoms with Crippen molar-refractivity contribution in [2.45, 2.75) is 63.8 Å². The minimum Gasteiger partial charge on any atom is -0.494 e. The van der Waals surface area contributed by atoms with Gasteiger partial charge in [-0.25, -0.2) is 4.99 Å². The fourth-order valence-corrected chi connectivity index (χ4v) is 5.66. The maximum atomic E-state index is 14.6. The molecule has 0 aliphatic carbocycles. The molecule has 2 N–H and O–H groups in total. The summed E-state index contributed by atoms with van der Waals surface area (Å²) in [5, 5.41) is 18.1. The van der Waals surface area contributed by atoms with Gasteiger partial charge in [0.05, 0.1) is 6.61 Å². The predicted octanol–water partition coefficient (Wildman–Crippen LogP) is 7.24. The van der Waals surface area contributed by atoms with E-state index in [4.69, 9.17) is 24.3 Å². The first-order valence-electron chi connectivity index (χ1n) is 15.8. The van der Waals surface area contributed by atoms with Crippen LogP contribution in [0.2, 0.25) is 0 Å². The molecule has 0 fully saturated rings. The Bertz CT molecular complexity index is 1840. The summed E-state index contributed by atoms with van der Waals surface area (Å²) in [5.41, 5.74) is 9.21. The summed E-state index contributed by atoms with van der Waals surface area (Å²) in [4.78, 5) is 35.6. The molecule has 11 nitrogen and oxygen atoms in total. The maximum Gasteiger partial charge on any atom is 0.306 e. The van der Waals surface area contributed by atoms with Crippen molar-refractivity contribution in [3.8, 4) is 5.75 Å². The van der Waals surface area contributed by atoms with Crippen molar-refractivity contribution >= 4 is 34.2 Å². The van der Waals surface area contributed by atoms with Gasteiger partial charge in [-0.05, 0) is 73.3 Å². The van der Waals surface area contributed by atoms with Crippen LogP contribution in [0.3, 0.4) is 0 Å². The van der Waals surface area contributed by atoms with E-state index in [-0.39, 0.29) is 37.6 Å². The molecule has 1 amide bonds. The smallest absolute Gasteiger partial charge is 0.306 e. The Kier molecular flexibility index (Phi) is 10.6. The second kappa shape index (κ2) is 15.0. The van der Waals surface area contributed by atoms with Gasteiger partial charge in [0.2, 0.25) is 5.90 Å². The van der Waals surface area contributed by atoms with Gasteiger partial charge in [0.1, 0.15) is 11.4 Å². The van der Waals surface area contributed by atoms with Crippen molar-refractivity contribution in [3.63, 3.8) is 0 Å². The van der Waals surface area contributed by atoms with Crippen LogP contribution in [0.15, 0.2) is 101 Å².